The zero-order valence-corrected chi connectivity index (χ0v) is 11.2. The molecule has 0 bridgehead atoms. The number of nitrogens with two attached hydrogens (primary N) is 1. The highest BCUT2D eigenvalue weighted by Gasteiger charge is 2.13. The van der Waals surface area contributed by atoms with Crippen molar-refractivity contribution >= 4 is 11.6 Å². The smallest absolute Gasteiger partial charge is 0.142 e. The van der Waals surface area contributed by atoms with Gasteiger partial charge in [-0.25, -0.2) is 8.78 Å². The third-order valence-electron chi connectivity index (χ3n) is 3.10. The Hall–Kier alpha value is -1.45. The van der Waals surface area contributed by atoms with Crippen molar-refractivity contribution in [1.82, 2.24) is 0 Å². The molecule has 0 heterocycles. The summed E-state index contributed by atoms with van der Waals surface area (Å²) < 4.78 is 26.8. The van der Waals surface area contributed by atoms with Crippen LogP contribution in [0.2, 0.25) is 5.02 Å². The second kappa shape index (κ2) is 5.68. The monoisotopic (exact) mass is 281 g/mol. The maximum Gasteiger partial charge on any atom is 0.142 e. The van der Waals surface area contributed by atoms with E-state index < -0.39 is 11.9 Å². The SMILES string of the molecule is Cc1ccc(C(N)Cc2cccc(F)c2Cl)cc1F. The fourth-order valence-corrected chi connectivity index (χ4v) is 2.10. The lowest BCUT2D eigenvalue weighted by Crippen LogP contribution is -2.14. The summed E-state index contributed by atoms with van der Waals surface area (Å²) in [6, 6.07) is 9.04. The summed E-state index contributed by atoms with van der Waals surface area (Å²) in [7, 11) is 0. The lowest BCUT2D eigenvalue weighted by Gasteiger charge is -2.14. The lowest BCUT2D eigenvalue weighted by atomic mass is 9.98. The van der Waals surface area contributed by atoms with Crippen molar-refractivity contribution in [2.45, 2.75) is 19.4 Å². The van der Waals surface area contributed by atoms with Crippen LogP contribution >= 0.6 is 11.6 Å². The maximum atomic E-state index is 13.5. The van der Waals surface area contributed by atoms with E-state index in [-0.39, 0.29) is 10.8 Å². The maximum absolute atomic E-state index is 13.5. The molecule has 0 radical (unpaired) electrons. The molecule has 0 aliphatic carbocycles. The molecule has 2 aromatic rings. The molecule has 1 nitrogen and oxygen atoms in total. The number of benzene rings is 2. The fourth-order valence-electron chi connectivity index (χ4n) is 1.90. The van der Waals surface area contributed by atoms with Crippen molar-refractivity contribution in [2.75, 3.05) is 0 Å². The van der Waals surface area contributed by atoms with Gasteiger partial charge in [-0.05, 0) is 42.2 Å². The van der Waals surface area contributed by atoms with E-state index in [2.05, 4.69) is 0 Å². The molecule has 2 rings (SSSR count). The molecule has 0 aliphatic heterocycles. The van der Waals surface area contributed by atoms with E-state index in [1.54, 1.807) is 31.2 Å². The second-order valence-electron chi connectivity index (χ2n) is 4.53. The summed E-state index contributed by atoms with van der Waals surface area (Å²) in [5, 5.41) is 0.0746. The molecule has 1 unspecified atom stereocenters. The van der Waals surface area contributed by atoms with Gasteiger partial charge in [0.05, 0.1) is 5.02 Å². The van der Waals surface area contributed by atoms with Gasteiger partial charge in [0.1, 0.15) is 11.6 Å². The Kier molecular flexibility index (Phi) is 4.17. The van der Waals surface area contributed by atoms with Crippen LogP contribution in [0.15, 0.2) is 36.4 Å². The van der Waals surface area contributed by atoms with Crippen LogP contribution in [0, 0.1) is 18.6 Å². The Morgan fingerprint density at radius 1 is 1.16 bits per heavy atom. The van der Waals surface area contributed by atoms with Crippen LogP contribution in [0.5, 0.6) is 0 Å². The van der Waals surface area contributed by atoms with Crippen LogP contribution < -0.4 is 5.73 Å². The van der Waals surface area contributed by atoms with Gasteiger partial charge in [0.25, 0.3) is 0 Å². The summed E-state index contributed by atoms with van der Waals surface area (Å²) in [6.45, 7) is 1.69. The largest absolute Gasteiger partial charge is 0.324 e. The molecular formula is C15H14ClF2N. The number of hydrogen-bond donors (Lipinski definition) is 1. The number of halogens is 3. The molecule has 0 aromatic heterocycles. The molecule has 0 fully saturated rings. The van der Waals surface area contributed by atoms with Gasteiger partial charge >= 0.3 is 0 Å². The highest BCUT2D eigenvalue weighted by atomic mass is 35.5. The van der Waals surface area contributed by atoms with Gasteiger partial charge in [-0.15, -0.1) is 0 Å². The molecule has 4 heteroatoms. The number of rotatable bonds is 3. The van der Waals surface area contributed by atoms with E-state index in [9.17, 15) is 8.78 Å². The van der Waals surface area contributed by atoms with Crippen molar-refractivity contribution < 1.29 is 8.78 Å². The lowest BCUT2D eigenvalue weighted by molar-refractivity contribution is 0.607. The highest BCUT2D eigenvalue weighted by molar-refractivity contribution is 6.31. The predicted octanol–water partition coefficient (Wildman–Crippen LogP) is 4.17. The van der Waals surface area contributed by atoms with Crippen LogP contribution in [0.3, 0.4) is 0 Å². The van der Waals surface area contributed by atoms with Crippen LogP contribution in [0.4, 0.5) is 8.78 Å². The standard InChI is InChI=1S/C15H14ClF2N/c1-9-5-6-10(7-13(9)18)14(19)8-11-3-2-4-12(17)15(11)16/h2-7,14H,8,19H2,1H3. The Balaban J connectivity index is 2.23. The van der Waals surface area contributed by atoms with Gasteiger partial charge in [0, 0.05) is 6.04 Å². The minimum absolute atomic E-state index is 0.0746. The third-order valence-corrected chi connectivity index (χ3v) is 3.52. The first-order chi connectivity index (χ1) is 8.99. The van der Waals surface area contributed by atoms with E-state index in [4.69, 9.17) is 17.3 Å². The van der Waals surface area contributed by atoms with E-state index in [1.807, 2.05) is 0 Å². The summed E-state index contributed by atoms with van der Waals surface area (Å²) >= 11 is 5.88. The summed E-state index contributed by atoms with van der Waals surface area (Å²) in [4.78, 5) is 0. The zero-order valence-electron chi connectivity index (χ0n) is 10.5. The molecule has 0 saturated carbocycles. The topological polar surface area (TPSA) is 26.0 Å². The van der Waals surface area contributed by atoms with Crippen molar-refractivity contribution in [3.05, 3.63) is 69.7 Å². The van der Waals surface area contributed by atoms with E-state index in [0.717, 1.165) is 0 Å². The Morgan fingerprint density at radius 3 is 2.58 bits per heavy atom. The quantitative estimate of drug-likeness (QED) is 0.898. The summed E-state index contributed by atoms with van der Waals surface area (Å²) in [6.07, 6.45) is 0.360. The third kappa shape index (κ3) is 3.11. The van der Waals surface area contributed by atoms with E-state index >= 15 is 0 Å². The van der Waals surface area contributed by atoms with Crippen LogP contribution in [0.25, 0.3) is 0 Å². The van der Waals surface area contributed by atoms with Crippen LogP contribution in [-0.2, 0) is 6.42 Å². The number of hydrogen-bond acceptors (Lipinski definition) is 1. The van der Waals surface area contributed by atoms with Gasteiger partial charge in [0.15, 0.2) is 0 Å². The molecule has 2 N–H and O–H groups in total. The first kappa shape index (κ1) is 14.0. The summed E-state index contributed by atoms with van der Waals surface area (Å²) in [5.41, 5.74) is 7.88. The van der Waals surface area contributed by atoms with E-state index in [0.29, 0.717) is 23.1 Å². The van der Waals surface area contributed by atoms with Crippen LogP contribution in [-0.4, -0.2) is 0 Å². The minimum atomic E-state index is -0.471. The molecule has 0 spiro atoms. The Labute approximate surface area is 116 Å². The summed E-state index contributed by atoms with van der Waals surface area (Å²) in [5.74, 6) is -0.764. The Morgan fingerprint density at radius 2 is 1.89 bits per heavy atom. The molecule has 0 aliphatic rings. The average molecular weight is 282 g/mol. The average Bonchev–Trinajstić information content (AvgIpc) is 2.38. The molecule has 2 aromatic carbocycles. The molecule has 100 valence electrons. The first-order valence-corrected chi connectivity index (χ1v) is 6.31. The van der Waals surface area contributed by atoms with Crippen molar-refractivity contribution in [1.29, 1.82) is 0 Å². The molecule has 19 heavy (non-hydrogen) atoms. The Bertz CT molecular complexity index is 599. The van der Waals surface area contributed by atoms with Gasteiger partial charge < -0.3 is 5.73 Å². The molecule has 1 atom stereocenters. The van der Waals surface area contributed by atoms with Gasteiger partial charge in [0.2, 0.25) is 0 Å². The fraction of sp³-hybridized carbons (Fsp3) is 0.200. The van der Waals surface area contributed by atoms with Gasteiger partial charge in [-0.1, -0.05) is 35.9 Å². The molecule has 0 amide bonds. The highest BCUT2D eigenvalue weighted by Crippen LogP contribution is 2.25. The molecule has 0 saturated heterocycles. The minimum Gasteiger partial charge on any atom is -0.324 e. The van der Waals surface area contributed by atoms with Gasteiger partial charge in [-0.3, -0.25) is 0 Å². The predicted molar refractivity (Wildman–Crippen MR) is 73.2 cm³/mol. The van der Waals surface area contributed by atoms with E-state index in [1.165, 1.54) is 12.1 Å². The zero-order chi connectivity index (χ0) is 14.0. The first-order valence-electron chi connectivity index (χ1n) is 5.93. The second-order valence-corrected chi connectivity index (χ2v) is 4.91. The van der Waals surface area contributed by atoms with Crippen molar-refractivity contribution in [3.63, 3.8) is 0 Å². The molecular weight excluding hydrogens is 268 g/mol. The number of aryl methyl sites for hydroxylation is 1. The normalized spacial score (nSPS) is 12.5. The van der Waals surface area contributed by atoms with Gasteiger partial charge in [-0.2, -0.15) is 0 Å². The van der Waals surface area contributed by atoms with Crippen molar-refractivity contribution in [3.8, 4) is 0 Å². The van der Waals surface area contributed by atoms with Crippen LogP contribution in [0.1, 0.15) is 22.7 Å². The van der Waals surface area contributed by atoms with Crippen molar-refractivity contribution in [2.24, 2.45) is 5.73 Å².